The smallest absolute Gasteiger partial charge is 0.119 e. The standard InChI is InChI=1S/C18H25N3O2S.2ClH/c1-2-23-16-3-4-17(15(13-16)14-18-19-5-6-20-18)24-12-9-21-7-10-22-11-8-21;;/h3-6,13H,2,7-12,14H2,1H3,(H,19,20);2*1H. The van der Waals surface area contributed by atoms with Crippen LogP contribution in [-0.2, 0) is 11.2 Å². The lowest BCUT2D eigenvalue weighted by atomic mass is 10.1. The van der Waals surface area contributed by atoms with Gasteiger partial charge in [-0.05, 0) is 30.7 Å². The van der Waals surface area contributed by atoms with E-state index in [1.165, 1.54) is 10.5 Å². The van der Waals surface area contributed by atoms with E-state index in [0.717, 1.165) is 56.6 Å². The van der Waals surface area contributed by atoms with Crippen molar-refractivity contribution in [2.75, 3.05) is 45.2 Å². The van der Waals surface area contributed by atoms with Gasteiger partial charge in [0.05, 0.1) is 19.8 Å². The molecule has 1 aromatic heterocycles. The number of morpholine rings is 1. The SMILES string of the molecule is CCOc1ccc(SCCN2CCOCC2)c(Cc2ncc[nH]2)c1.Cl.Cl. The van der Waals surface area contributed by atoms with E-state index in [1.807, 2.05) is 24.9 Å². The fourth-order valence-corrected chi connectivity index (χ4v) is 3.83. The topological polar surface area (TPSA) is 50.4 Å². The van der Waals surface area contributed by atoms with E-state index in [9.17, 15) is 0 Å². The van der Waals surface area contributed by atoms with Crippen LogP contribution in [0.25, 0.3) is 0 Å². The highest BCUT2D eigenvalue weighted by atomic mass is 35.5. The lowest BCUT2D eigenvalue weighted by Gasteiger charge is -2.26. The van der Waals surface area contributed by atoms with E-state index in [-0.39, 0.29) is 24.8 Å². The Morgan fingerprint density at radius 1 is 1.27 bits per heavy atom. The number of imidazole rings is 1. The van der Waals surface area contributed by atoms with Crippen LogP contribution in [-0.4, -0.2) is 60.1 Å². The molecule has 0 aliphatic carbocycles. The van der Waals surface area contributed by atoms with E-state index < -0.39 is 0 Å². The number of thioether (sulfide) groups is 1. The van der Waals surface area contributed by atoms with Gasteiger partial charge in [0.1, 0.15) is 11.6 Å². The average Bonchev–Trinajstić information content (AvgIpc) is 3.11. The first-order valence-corrected chi connectivity index (χ1v) is 9.50. The molecule has 2 aromatic rings. The maximum Gasteiger partial charge on any atom is 0.119 e. The van der Waals surface area contributed by atoms with Gasteiger partial charge in [-0.3, -0.25) is 4.90 Å². The number of H-pyrrole nitrogens is 1. The van der Waals surface area contributed by atoms with Crippen molar-refractivity contribution in [3.8, 4) is 5.75 Å². The summed E-state index contributed by atoms with van der Waals surface area (Å²) in [6.07, 6.45) is 4.47. The molecule has 1 aromatic carbocycles. The number of nitrogens with one attached hydrogen (secondary N) is 1. The van der Waals surface area contributed by atoms with Gasteiger partial charge in [-0.2, -0.15) is 0 Å². The van der Waals surface area contributed by atoms with Gasteiger partial charge in [0, 0.05) is 49.1 Å². The van der Waals surface area contributed by atoms with E-state index in [4.69, 9.17) is 9.47 Å². The van der Waals surface area contributed by atoms with Gasteiger partial charge in [-0.25, -0.2) is 4.98 Å². The Balaban J connectivity index is 0.00000169. The van der Waals surface area contributed by atoms with Crippen LogP contribution in [0.15, 0.2) is 35.5 Å². The first kappa shape index (κ1) is 23.1. The second kappa shape index (κ2) is 12.5. The number of aromatic amines is 1. The molecule has 0 bridgehead atoms. The molecule has 1 N–H and O–H groups in total. The Morgan fingerprint density at radius 2 is 2.08 bits per heavy atom. The van der Waals surface area contributed by atoms with Gasteiger partial charge < -0.3 is 14.5 Å². The van der Waals surface area contributed by atoms with Crippen molar-refractivity contribution >= 4 is 36.6 Å². The zero-order valence-electron chi connectivity index (χ0n) is 15.0. The van der Waals surface area contributed by atoms with Crippen LogP contribution in [0, 0.1) is 0 Å². The number of ether oxygens (including phenoxy) is 2. The Bertz CT molecular complexity index is 623. The first-order valence-electron chi connectivity index (χ1n) is 8.52. The van der Waals surface area contributed by atoms with Gasteiger partial charge in [0.25, 0.3) is 0 Å². The molecule has 1 aliphatic rings. The lowest BCUT2D eigenvalue weighted by Crippen LogP contribution is -2.37. The summed E-state index contributed by atoms with van der Waals surface area (Å²) in [6, 6.07) is 6.38. The van der Waals surface area contributed by atoms with Crippen LogP contribution in [0.3, 0.4) is 0 Å². The summed E-state index contributed by atoms with van der Waals surface area (Å²) in [5.74, 6) is 2.99. The van der Waals surface area contributed by atoms with Crippen LogP contribution in [0.2, 0.25) is 0 Å². The van der Waals surface area contributed by atoms with Crippen molar-refractivity contribution in [2.24, 2.45) is 0 Å². The first-order chi connectivity index (χ1) is 11.8. The van der Waals surface area contributed by atoms with Crippen LogP contribution in [0.5, 0.6) is 5.75 Å². The molecule has 0 unspecified atom stereocenters. The molecule has 146 valence electrons. The fraction of sp³-hybridized carbons (Fsp3) is 0.500. The van der Waals surface area contributed by atoms with Crippen LogP contribution >= 0.6 is 36.6 Å². The molecule has 3 rings (SSSR count). The predicted molar refractivity (Wildman–Crippen MR) is 111 cm³/mol. The molecular formula is C18H27Cl2N3O2S. The summed E-state index contributed by atoms with van der Waals surface area (Å²) in [5.41, 5.74) is 1.27. The van der Waals surface area contributed by atoms with E-state index in [2.05, 4.69) is 33.1 Å². The molecule has 2 heterocycles. The highest BCUT2D eigenvalue weighted by Crippen LogP contribution is 2.28. The van der Waals surface area contributed by atoms with Gasteiger partial charge in [-0.15, -0.1) is 36.6 Å². The van der Waals surface area contributed by atoms with Crippen molar-refractivity contribution in [3.63, 3.8) is 0 Å². The Hall–Kier alpha value is -0.920. The summed E-state index contributed by atoms with van der Waals surface area (Å²) in [7, 11) is 0. The van der Waals surface area contributed by atoms with E-state index >= 15 is 0 Å². The number of nitrogens with zero attached hydrogens (tertiary/aromatic N) is 2. The number of aromatic nitrogens is 2. The molecule has 0 spiro atoms. The molecule has 0 saturated carbocycles. The molecule has 0 amide bonds. The largest absolute Gasteiger partial charge is 0.494 e. The quantitative estimate of drug-likeness (QED) is 0.661. The van der Waals surface area contributed by atoms with Crippen LogP contribution in [0.1, 0.15) is 18.3 Å². The van der Waals surface area contributed by atoms with Crippen molar-refractivity contribution < 1.29 is 9.47 Å². The number of rotatable bonds is 8. The molecule has 1 saturated heterocycles. The molecule has 1 fully saturated rings. The Morgan fingerprint density at radius 3 is 2.77 bits per heavy atom. The molecule has 26 heavy (non-hydrogen) atoms. The second-order valence-corrected chi connectivity index (χ2v) is 6.85. The maximum absolute atomic E-state index is 5.66. The Kier molecular flexibility index (Phi) is 11.1. The van der Waals surface area contributed by atoms with Crippen molar-refractivity contribution in [2.45, 2.75) is 18.2 Å². The Labute approximate surface area is 172 Å². The van der Waals surface area contributed by atoms with E-state index in [0.29, 0.717) is 6.61 Å². The minimum Gasteiger partial charge on any atom is -0.494 e. The zero-order chi connectivity index (χ0) is 16.6. The monoisotopic (exact) mass is 419 g/mol. The number of hydrogen-bond donors (Lipinski definition) is 1. The lowest BCUT2D eigenvalue weighted by molar-refractivity contribution is 0.0410. The minimum absolute atomic E-state index is 0. The summed E-state index contributed by atoms with van der Waals surface area (Å²) >= 11 is 1.91. The van der Waals surface area contributed by atoms with Crippen molar-refractivity contribution in [1.82, 2.24) is 14.9 Å². The van der Waals surface area contributed by atoms with Crippen molar-refractivity contribution in [1.29, 1.82) is 0 Å². The molecule has 1 aliphatic heterocycles. The highest BCUT2D eigenvalue weighted by Gasteiger charge is 2.12. The molecule has 0 atom stereocenters. The normalized spacial score (nSPS) is 14.3. The second-order valence-electron chi connectivity index (χ2n) is 5.72. The van der Waals surface area contributed by atoms with Gasteiger partial charge in [0.2, 0.25) is 0 Å². The van der Waals surface area contributed by atoms with Crippen LogP contribution in [0.4, 0.5) is 0 Å². The minimum atomic E-state index is 0. The summed E-state index contributed by atoms with van der Waals surface area (Å²) in [4.78, 5) is 11.3. The molecule has 5 nitrogen and oxygen atoms in total. The third kappa shape index (κ3) is 7.00. The molecule has 0 radical (unpaired) electrons. The third-order valence-corrected chi connectivity index (χ3v) is 5.12. The average molecular weight is 420 g/mol. The maximum atomic E-state index is 5.66. The van der Waals surface area contributed by atoms with Gasteiger partial charge in [0.15, 0.2) is 0 Å². The zero-order valence-corrected chi connectivity index (χ0v) is 17.4. The highest BCUT2D eigenvalue weighted by molar-refractivity contribution is 7.99. The number of halogens is 2. The van der Waals surface area contributed by atoms with Gasteiger partial charge >= 0.3 is 0 Å². The van der Waals surface area contributed by atoms with Gasteiger partial charge in [-0.1, -0.05) is 0 Å². The fourth-order valence-electron chi connectivity index (χ4n) is 2.78. The predicted octanol–water partition coefficient (Wildman–Crippen LogP) is 3.67. The number of benzene rings is 1. The third-order valence-electron chi connectivity index (χ3n) is 4.02. The number of hydrogen-bond acceptors (Lipinski definition) is 5. The molecule has 8 heteroatoms. The molecular weight excluding hydrogens is 393 g/mol. The summed E-state index contributed by atoms with van der Waals surface area (Å²) in [5, 5.41) is 0. The van der Waals surface area contributed by atoms with Crippen molar-refractivity contribution in [3.05, 3.63) is 42.0 Å². The summed E-state index contributed by atoms with van der Waals surface area (Å²) < 4.78 is 11.1. The van der Waals surface area contributed by atoms with Crippen LogP contribution < -0.4 is 4.74 Å². The summed E-state index contributed by atoms with van der Waals surface area (Å²) in [6.45, 7) is 7.60. The van der Waals surface area contributed by atoms with E-state index in [1.54, 1.807) is 6.20 Å².